The van der Waals surface area contributed by atoms with Crippen molar-refractivity contribution < 1.29 is 19.2 Å². The second-order valence-electron chi connectivity index (χ2n) is 5.97. The van der Waals surface area contributed by atoms with E-state index in [9.17, 15) is 19.7 Å². The maximum absolute atomic E-state index is 12.2. The van der Waals surface area contributed by atoms with Crippen LogP contribution in [0.25, 0.3) is 0 Å². The number of amides is 2. The van der Waals surface area contributed by atoms with Crippen molar-refractivity contribution in [3.05, 3.63) is 74.8 Å². The molecule has 0 fully saturated rings. The van der Waals surface area contributed by atoms with Crippen LogP contribution in [0.4, 0.5) is 10.8 Å². The average molecular weight is 440 g/mol. The van der Waals surface area contributed by atoms with Gasteiger partial charge >= 0.3 is 0 Å². The van der Waals surface area contributed by atoms with Gasteiger partial charge in [0, 0.05) is 23.3 Å². The maximum atomic E-state index is 12.2. The number of hydrogen-bond acceptors (Lipinski definition) is 9. The summed E-state index contributed by atoms with van der Waals surface area (Å²) in [5.41, 5.74) is 3.21. The van der Waals surface area contributed by atoms with Gasteiger partial charge in [0.05, 0.1) is 24.7 Å². The summed E-state index contributed by atoms with van der Waals surface area (Å²) in [5, 5.41) is 25.4. The number of carbonyl (C=O) groups excluding carboxylic acids is 2. The van der Waals surface area contributed by atoms with Crippen LogP contribution in [0.3, 0.4) is 0 Å². The first-order chi connectivity index (χ1) is 15.0. The lowest BCUT2D eigenvalue weighted by atomic mass is 10.2. The lowest BCUT2D eigenvalue weighted by Gasteiger charge is -2.02. The van der Waals surface area contributed by atoms with Crippen LogP contribution in [-0.2, 0) is 11.2 Å². The van der Waals surface area contributed by atoms with Crippen LogP contribution in [0.5, 0.6) is 5.75 Å². The number of hydrazone groups is 1. The Labute approximate surface area is 179 Å². The largest absolute Gasteiger partial charge is 0.496 e. The average Bonchev–Trinajstić information content (AvgIpc) is 3.20. The number of anilines is 1. The van der Waals surface area contributed by atoms with Gasteiger partial charge in [-0.25, -0.2) is 5.43 Å². The van der Waals surface area contributed by atoms with Gasteiger partial charge < -0.3 is 4.74 Å². The molecule has 0 spiro atoms. The standard InChI is InChI=1S/C19H16N6O5S/c1-30-15-5-3-2-4-13(15)11-20-22-16(26)10-17-23-24-19(31-17)21-18(27)12-6-8-14(9-7-12)25(28)29/h2-9,11H,10H2,1H3,(H,22,26)(H,21,24,27)/b20-11-. The van der Waals surface area contributed by atoms with Crippen LogP contribution in [0.1, 0.15) is 20.9 Å². The minimum absolute atomic E-state index is 0.0751. The molecule has 0 aliphatic carbocycles. The number of nitro groups is 1. The van der Waals surface area contributed by atoms with Crippen LogP contribution in [0.15, 0.2) is 53.6 Å². The Morgan fingerprint density at radius 1 is 1.19 bits per heavy atom. The van der Waals surface area contributed by atoms with Gasteiger partial charge in [0.15, 0.2) is 0 Å². The number of hydrogen-bond donors (Lipinski definition) is 2. The van der Waals surface area contributed by atoms with Gasteiger partial charge in [-0.1, -0.05) is 23.5 Å². The second-order valence-corrected chi connectivity index (χ2v) is 7.03. The fraction of sp³-hybridized carbons (Fsp3) is 0.105. The smallest absolute Gasteiger partial charge is 0.269 e. The Bertz CT molecular complexity index is 1130. The lowest BCUT2D eigenvalue weighted by Crippen LogP contribution is -2.19. The molecule has 0 unspecified atom stereocenters. The number of aromatic nitrogens is 2. The maximum Gasteiger partial charge on any atom is 0.269 e. The zero-order valence-electron chi connectivity index (χ0n) is 16.1. The fourth-order valence-corrected chi connectivity index (χ4v) is 3.14. The molecular weight excluding hydrogens is 424 g/mol. The third-order valence-electron chi connectivity index (χ3n) is 3.87. The molecule has 1 aromatic heterocycles. The van der Waals surface area contributed by atoms with Crippen LogP contribution in [-0.4, -0.2) is 40.3 Å². The number of non-ortho nitro benzene ring substituents is 1. The molecule has 158 valence electrons. The van der Waals surface area contributed by atoms with E-state index in [0.717, 1.165) is 11.3 Å². The van der Waals surface area contributed by atoms with Crippen LogP contribution in [0.2, 0.25) is 0 Å². The Morgan fingerprint density at radius 2 is 1.94 bits per heavy atom. The third-order valence-corrected chi connectivity index (χ3v) is 4.71. The highest BCUT2D eigenvalue weighted by atomic mass is 32.1. The summed E-state index contributed by atoms with van der Waals surface area (Å²) in [5.74, 6) is -0.281. The molecule has 0 atom stereocenters. The van der Waals surface area contributed by atoms with Gasteiger partial charge in [-0.15, -0.1) is 10.2 Å². The van der Waals surface area contributed by atoms with Crippen molar-refractivity contribution in [3.8, 4) is 5.75 Å². The number of benzene rings is 2. The molecule has 2 N–H and O–H groups in total. The number of para-hydroxylation sites is 1. The predicted octanol–water partition coefficient (Wildman–Crippen LogP) is 2.40. The van der Waals surface area contributed by atoms with E-state index in [4.69, 9.17) is 4.74 Å². The van der Waals surface area contributed by atoms with Gasteiger partial charge in [0.1, 0.15) is 10.8 Å². The SMILES string of the molecule is COc1ccccc1/C=N\NC(=O)Cc1nnc(NC(=O)c2ccc([N+](=O)[O-])cc2)s1. The van der Waals surface area contributed by atoms with Crippen molar-refractivity contribution in [1.29, 1.82) is 0 Å². The van der Waals surface area contributed by atoms with Crippen LogP contribution in [0, 0.1) is 10.1 Å². The fourth-order valence-electron chi connectivity index (χ4n) is 2.40. The summed E-state index contributed by atoms with van der Waals surface area (Å²) in [4.78, 5) is 34.4. The molecule has 0 bridgehead atoms. The molecule has 0 radical (unpaired) electrons. The minimum atomic E-state index is -0.551. The van der Waals surface area contributed by atoms with Crippen molar-refractivity contribution in [2.75, 3.05) is 12.4 Å². The van der Waals surface area contributed by atoms with E-state index in [-0.39, 0.29) is 22.8 Å². The predicted molar refractivity (Wildman–Crippen MR) is 113 cm³/mol. The summed E-state index contributed by atoms with van der Waals surface area (Å²) in [6, 6.07) is 12.3. The molecule has 2 amide bonds. The second kappa shape index (κ2) is 10.0. The molecule has 3 rings (SSSR count). The molecule has 0 aliphatic rings. The number of nitrogens with one attached hydrogen (secondary N) is 2. The monoisotopic (exact) mass is 440 g/mol. The van der Waals surface area contributed by atoms with E-state index < -0.39 is 16.7 Å². The van der Waals surface area contributed by atoms with Gasteiger partial charge in [-0.05, 0) is 24.3 Å². The van der Waals surface area contributed by atoms with Gasteiger partial charge in [0.25, 0.3) is 11.6 Å². The van der Waals surface area contributed by atoms with Gasteiger partial charge in [0.2, 0.25) is 11.0 Å². The molecule has 0 saturated heterocycles. The van der Waals surface area contributed by atoms with Crippen molar-refractivity contribution >= 4 is 40.2 Å². The normalized spacial score (nSPS) is 10.6. The highest BCUT2D eigenvalue weighted by molar-refractivity contribution is 7.15. The van der Waals surface area contributed by atoms with Crippen molar-refractivity contribution in [2.45, 2.75) is 6.42 Å². The van der Waals surface area contributed by atoms with Crippen LogP contribution >= 0.6 is 11.3 Å². The number of nitro benzene ring substituents is 1. The first-order valence-electron chi connectivity index (χ1n) is 8.79. The molecule has 12 heteroatoms. The first-order valence-corrected chi connectivity index (χ1v) is 9.61. The number of nitrogens with zero attached hydrogens (tertiary/aromatic N) is 4. The summed E-state index contributed by atoms with van der Waals surface area (Å²) in [6.45, 7) is 0. The summed E-state index contributed by atoms with van der Waals surface area (Å²) in [6.07, 6.45) is 1.39. The third kappa shape index (κ3) is 5.90. The highest BCUT2D eigenvalue weighted by Crippen LogP contribution is 2.18. The highest BCUT2D eigenvalue weighted by Gasteiger charge is 2.14. The van der Waals surface area contributed by atoms with E-state index in [2.05, 4.69) is 26.0 Å². The summed E-state index contributed by atoms with van der Waals surface area (Å²) in [7, 11) is 1.54. The Hall–Kier alpha value is -4.19. The van der Waals surface area contributed by atoms with Crippen molar-refractivity contribution in [2.24, 2.45) is 5.10 Å². The Balaban J connectivity index is 1.53. The minimum Gasteiger partial charge on any atom is -0.496 e. The number of ether oxygens (including phenoxy) is 1. The first kappa shape index (κ1) is 21.5. The number of carbonyl (C=O) groups is 2. The molecular formula is C19H16N6O5S. The molecule has 3 aromatic rings. The van der Waals surface area contributed by atoms with Crippen molar-refractivity contribution in [1.82, 2.24) is 15.6 Å². The van der Waals surface area contributed by atoms with Crippen molar-refractivity contribution in [3.63, 3.8) is 0 Å². The Morgan fingerprint density at radius 3 is 2.65 bits per heavy atom. The topological polar surface area (TPSA) is 149 Å². The molecule has 0 saturated carbocycles. The lowest BCUT2D eigenvalue weighted by molar-refractivity contribution is -0.384. The van der Waals surface area contributed by atoms with E-state index in [1.54, 1.807) is 19.2 Å². The molecule has 0 aliphatic heterocycles. The zero-order valence-corrected chi connectivity index (χ0v) is 17.0. The zero-order chi connectivity index (χ0) is 22.2. The van der Waals surface area contributed by atoms with E-state index >= 15 is 0 Å². The van der Waals surface area contributed by atoms with E-state index in [1.165, 1.54) is 30.5 Å². The van der Waals surface area contributed by atoms with E-state index in [0.29, 0.717) is 16.3 Å². The molecule has 2 aromatic carbocycles. The molecule has 11 nitrogen and oxygen atoms in total. The molecule has 31 heavy (non-hydrogen) atoms. The quantitative estimate of drug-likeness (QED) is 0.310. The Kier molecular flexibility index (Phi) is 6.96. The number of rotatable bonds is 8. The van der Waals surface area contributed by atoms with Gasteiger partial charge in [-0.2, -0.15) is 5.10 Å². The van der Waals surface area contributed by atoms with Gasteiger partial charge in [-0.3, -0.25) is 25.0 Å². The summed E-state index contributed by atoms with van der Waals surface area (Å²) < 4.78 is 5.20. The summed E-state index contributed by atoms with van der Waals surface area (Å²) >= 11 is 1.03. The van der Waals surface area contributed by atoms with E-state index in [1.807, 2.05) is 12.1 Å². The molecule has 1 heterocycles. The van der Waals surface area contributed by atoms with Crippen LogP contribution < -0.4 is 15.5 Å². The number of methoxy groups -OCH3 is 1.